The van der Waals surface area contributed by atoms with Gasteiger partial charge in [-0.2, -0.15) is 0 Å². The van der Waals surface area contributed by atoms with Crippen LogP contribution in [0.4, 0.5) is 5.69 Å². The van der Waals surface area contributed by atoms with Gasteiger partial charge in [-0.15, -0.1) is 0 Å². The van der Waals surface area contributed by atoms with E-state index in [1.54, 1.807) is 24.3 Å². The van der Waals surface area contributed by atoms with Gasteiger partial charge in [0.25, 0.3) is 5.69 Å². The van der Waals surface area contributed by atoms with Gasteiger partial charge in [0.05, 0.1) is 15.1 Å². The second-order valence-electron chi connectivity index (χ2n) is 8.59. The third-order valence-corrected chi connectivity index (χ3v) is 6.39. The van der Waals surface area contributed by atoms with Gasteiger partial charge < -0.3 is 14.2 Å². The number of aliphatic imine (C=N–C) groups is 1. The predicted molar refractivity (Wildman–Crippen MR) is 149 cm³/mol. The van der Waals surface area contributed by atoms with Crippen LogP contribution in [0.5, 0.6) is 11.5 Å². The van der Waals surface area contributed by atoms with E-state index in [0.717, 1.165) is 9.13 Å². The molecule has 9 heteroatoms. The van der Waals surface area contributed by atoms with E-state index in [-0.39, 0.29) is 23.9 Å². The van der Waals surface area contributed by atoms with E-state index in [4.69, 9.17) is 14.2 Å². The molecule has 8 nitrogen and oxygen atoms in total. The molecule has 3 aromatic carbocycles. The SMILES string of the molecule is CCOc1cc(/C=C2\N=C(c3ccc(C(C)C)cc3)OC2=O)cc(I)c1OCc1cccc([N+](=O)[O-])c1. The van der Waals surface area contributed by atoms with Crippen molar-refractivity contribution in [1.82, 2.24) is 0 Å². The summed E-state index contributed by atoms with van der Waals surface area (Å²) in [5.74, 6) is 1.15. The zero-order valence-electron chi connectivity index (χ0n) is 20.6. The second kappa shape index (κ2) is 11.5. The van der Waals surface area contributed by atoms with Crippen molar-refractivity contribution in [2.24, 2.45) is 4.99 Å². The molecule has 0 saturated heterocycles. The highest BCUT2D eigenvalue weighted by Gasteiger charge is 2.25. The topological polar surface area (TPSA) is 100 Å². The molecule has 0 atom stereocenters. The normalized spacial score (nSPS) is 14.0. The van der Waals surface area contributed by atoms with Crippen LogP contribution in [0.25, 0.3) is 6.08 Å². The molecule has 190 valence electrons. The number of ether oxygens (including phenoxy) is 3. The van der Waals surface area contributed by atoms with E-state index in [0.29, 0.717) is 35.2 Å². The minimum absolute atomic E-state index is 0.00189. The lowest BCUT2D eigenvalue weighted by atomic mass is 10.0. The van der Waals surface area contributed by atoms with Gasteiger partial charge in [0.15, 0.2) is 17.2 Å². The summed E-state index contributed by atoms with van der Waals surface area (Å²) >= 11 is 2.13. The van der Waals surface area contributed by atoms with Crippen LogP contribution in [0.3, 0.4) is 0 Å². The van der Waals surface area contributed by atoms with Crippen LogP contribution in [0.15, 0.2) is 71.4 Å². The molecular formula is C28H25IN2O6. The number of nitro benzene ring substituents is 1. The van der Waals surface area contributed by atoms with Gasteiger partial charge in [-0.1, -0.05) is 38.1 Å². The maximum absolute atomic E-state index is 12.5. The summed E-state index contributed by atoms with van der Waals surface area (Å²) < 4.78 is 18.0. The van der Waals surface area contributed by atoms with E-state index >= 15 is 0 Å². The predicted octanol–water partition coefficient (Wildman–Crippen LogP) is 6.65. The number of nitrogens with zero attached hydrogens (tertiary/aromatic N) is 2. The van der Waals surface area contributed by atoms with Crippen LogP contribution >= 0.6 is 22.6 Å². The van der Waals surface area contributed by atoms with E-state index in [1.807, 2.05) is 37.3 Å². The number of carbonyl (C=O) groups is 1. The van der Waals surface area contributed by atoms with Crippen LogP contribution in [0, 0.1) is 13.7 Å². The molecular weight excluding hydrogens is 587 g/mol. The lowest BCUT2D eigenvalue weighted by Crippen LogP contribution is -2.05. The molecule has 0 saturated carbocycles. The summed E-state index contributed by atoms with van der Waals surface area (Å²) in [6, 6.07) is 17.7. The molecule has 0 amide bonds. The maximum Gasteiger partial charge on any atom is 0.363 e. The average molecular weight is 612 g/mol. The van der Waals surface area contributed by atoms with Crippen molar-refractivity contribution < 1.29 is 23.9 Å². The monoisotopic (exact) mass is 612 g/mol. The van der Waals surface area contributed by atoms with Crippen LogP contribution in [-0.4, -0.2) is 23.4 Å². The third-order valence-electron chi connectivity index (χ3n) is 5.58. The fourth-order valence-electron chi connectivity index (χ4n) is 3.69. The summed E-state index contributed by atoms with van der Waals surface area (Å²) in [7, 11) is 0. The number of hydrogen-bond donors (Lipinski definition) is 0. The first-order valence-electron chi connectivity index (χ1n) is 11.7. The van der Waals surface area contributed by atoms with Crippen LogP contribution in [-0.2, 0) is 16.1 Å². The highest BCUT2D eigenvalue weighted by Crippen LogP contribution is 2.36. The quantitative estimate of drug-likeness (QED) is 0.0883. The second-order valence-corrected chi connectivity index (χ2v) is 9.75. The minimum atomic E-state index is -0.526. The van der Waals surface area contributed by atoms with Crippen LogP contribution in [0.1, 0.15) is 48.9 Å². The maximum atomic E-state index is 12.5. The Morgan fingerprint density at radius 3 is 2.54 bits per heavy atom. The summed E-state index contributed by atoms with van der Waals surface area (Å²) in [4.78, 5) is 27.6. The molecule has 0 spiro atoms. The van der Waals surface area contributed by atoms with Gasteiger partial charge in [0.1, 0.15) is 6.61 Å². The molecule has 0 aromatic heterocycles. The minimum Gasteiger partial charge on any atom is -0.490 e. The average Bonchev–Trinajstić information content (AvgIpc) is 3.23. The molecule has 0 N–H and O–H groups in total. The molecule has 0 fully saturated rings. The number of halogens is 1. The van der Waals surface area contributed by atoms with Crippen LogP contribution in [0.2, 0.25) is 0 Å². The number of benzene rings is 3. The van der Waals surface area contributed by atoms with Crippen molar-refractivity contribution in [3.8, 4) is 11.5 Å². The summed E-state index contributed by atoms with van der Waals surface area (Å²) in [5.41, 5.74) is 3.47. The first kappa shape index (κ1) is 26.3. The Balaban J connectivity index is 1.58. The third kappa shape index (κ3) is 6.34. The van der Waals surface area contributed by atoms with Gasteiger partial charge in [-0.3, -0.25) is 10.1 Å². The Morgan fingerprint density at radius 2 is 1.86 bits per heavy atom. The van der Waals surface area contributed by atoms with Crippen molar-refractivity contribution in [3.05, 3.63) is 102 Å². The number of cyclic esters (lactones) is 1. The van der Waals surface area contributed by atoms with Crippen molar-refractivity contribution in [1.29, 1.82) is 0 Å². The largest absolute Gasteiger partial charge is 0.490 e. The summed E-state index contributed by atoms with van der Waals surface area (Å²) in [6.45, 7) is 6.63. The molecule has 4 rings (SSSR count). The lowest BCUT2D eigenvalue weighted by molar-refractivity contribution is -0.384. The number of non-ortho nitro benzene ring substituents is 1. The molecule has 1 heterocycles. The number of esters is 1. The van der Waals surface area contributed by atoms with Crippen molar-refractivity contribution in [2.75, 3.05) is 6.61 Å². The molecule has 37 heavy (non-hydrogen) atoms. The van der Waals surface area contributed by atoms with Gasteiger partial charge in [-0.05, 0) is 82.5 Å². The van der Waals surface area contributed by atoms with E-state index < -0.39 is 10.9 Å². The smallest absolute Gasteiger partial charge is 0.363 e. The zero-order chi connectivity index (χ0) is 26.5. The van der Waals surface area contributed by atoms with Gasteiger partial charge in [0.2, 0.25) is 5.90 Å². The molecule has 0 aliphatic carbocycles. The van der Waals surface area contributed by atoms with Gasteiger partial charge in [0, 0.05) is 17.7 Å². The van der Waals surface area contributed by atoms with E-state index in [9.17, 15) is 14.9 Å². The van der Waals surface area contributed by atoms with E-state index in [1.165, 1.54) is 17.7 Å². The Morgan fingerprint density at radius 1 is 1.11 bits per heavy atom. The summed E-state index contributed by atoms with van der Waals surface area (Å²) in [5, 5.41) is 11.1. The first-order valence-corrected chi connectivity index (χ1v) is 12.8. The molecule has 1 aliphatic heterocycles. The first-order chi connectivity index (χ1) is 17.7. The fourth-order valence-corrected chi connectivity index (χ4v) is 4.47. The molecule has 1 aliphatic rings. The summed E-state index contributed by atoms with van der Waals surface area (Å²) in [6.07, 6.45) is 1.65. The number of rotatable bonds is 9. The standard InChI is InChI=1S/C28H25IN2O6/c1-4-35-25-15-19(13-23(29)26(25)36-16-18-6-5-7-22(12-18)31(33)34)14-24-28(32)37-27(30-24)21-10-8-20(9-11-21)17(2)3/h5-15,17H,4,16H2,1-3H3/b24-14-. The van der Waals surface area contributed by atoms with Crippen molar-refractivity contribution >= 4 is 46.2 Å². The number of carbonyl (C=O) groups excluding carboxylic acids is 1. The molecule has 0 bridgehead atoms. The zero-order valence-corrected chi connectivity index (χ0v) is 22.7. The Bertz CT molecular complexity index is 1400. The highest BCUT2D eigenvalue weighted by atomic mass is 127. The van der Waals surface area contributed by atoms with Gasteiger partial charge in [-0.25, -0.2) is 9.79 Å². The van der Waals surface area contributed by atoms with E-state index in [2.05, 4.69) is 41.4 Å². The molecule has 3 aromatic rings. The lowest BCUT2D eigenvalue weighted by Gasteiger charge is -2.15. The Kier molecular flexibility index (Phi) is 8.22. The highest BCUT2D eigenvalue weighted by molar-refractivity contribution is 14.1. The Labute approximate surface area is 228 Å². The molecule has 0 radical (unpaired) electrons. The van der Waals surface area contributed by atoms with Crippen LogP contribution < -0.4 is 9.47 Å². The van der Waals surface area contributed by atoms with Gasteiger partial charge >= 0.3 is 5.97 Å². The van der Waals surface area contributed by atoms with Crippen molar-refractivity contribution in [3.63, 3.8) is 0 Å². The number of hydrogen-bond acceptors (Lipinski definition) is 7. The molecule has 0 unspecified atom stereocenters. The van der Waals surface area contributed by atoms with Crippen molar-refractivity contribution in [2.45, 2.75) is 33.3 Å². The number of nitro groups is 1. The fraction of sp³-hybridized carbons (Fsp3) is 0.214. The Hall–Kier alpha value is -3.73.